The molecule has 0 spiro atoms. The van der Waals surface area contributed by atoms with Crippen LogP contribution in [0.5, 0.6) is 0 Å². The summed E-state index contributed by atoms with van der Waals surface area (Å²) < 4.78 is 12.2. The summed E-state index contributed by atoms with van der Waals surface area (Å²) in [5, 5.41) is 24.2. The minimum absolute atomic E-state index is 0.151. The fourth-order valence-electron chi connectivity index (χ4n) is 7.40. The van der Waals surface area contributed by atoms with Gasteiger partial charge in [0.2, 0.25) is 0 Å². The van der Waals surface area contributed by atoms with Crippen molar-refractivity contribution in [2.24, 2.45) is 0 Å². The quantitative estimate of drug-likeness (QED) is 0.0911. The summed E-state index contributed by atoms with van der Waals surface area (Å²) in [5.41, 5.74) is 12.7. The number of piperazine rings is 3. The largest absolute Gasteiger partial charge is 0.399 e. The van der Waals surface area contributed by atoms with Gasteiger partial charge in [0, 0.05) is 131 Å². The van der Waals surface area contributed by atoms with Crippen molar-refractivity contribution in [1.82, 2.24) is 5.32 Å². The summed E-state index contributed by atoms with van der Waals surface area (Å²) in [6.45, 7) is 12.2. The lowest BCUT2D eigenvalue weighted by Gasteiger charge is -2.37. The Balaban J connectivity index is 0.000000144. The van der Waals surface area contributed by atoms with Crippen LogP contribution < -0.4 is 35.6 Å². The molecule has 6 aromatic rings. The first kappa shape index (κ1) is 44.4. The Kier molecular flexibility index (Phi) is 16.4. The predicted molar refractivity (Wildman–Crippen MR) is 250 cm³/mol. The second-order valence-electron chi connectivity index (χ2n) is 14.8. The van der Waals surface area contributed by atoms with Crippen molar-refractivity contribution >= 4 is 45.5 Å². The summed E-state index contributed by atoms with van der Waals surface area (Å²) in [6, 6.07) is 51.1. The number of halogens is 1. The van der Waals surface area contributed by atoms with Crippen molar-refractivity contribution in [3.63, 3.8) is 0 Å². The van der Waals surface area contributed by atoms with Crippen molar-refractivity contribution < 1.29 is 14.2 Å². The van der Waals surface area contributed by atoms with Gasteiger partial charge in [0.25, 0.3) is 11.4 Å². The van der Waals surface area contributed by atoms with E-state index >= 15 is 0 Å². The molecule has 3 heterocycles. The fourth-order valence-corrected chi connectivity index (χ4v) is 7.40. The first-order chi connectivity index (χ1) is 30.2. The van der Waals surface area contributed by atoms with Crippen LogP contribution in [0.3, 0.4) is 0 Å². The zero-order valence-electron chi connectivity index (χ0n) is 34.8. The molecule has 9 rings (SSSR count). The molecule has 3 N–H and O–H groups in total. The number of nitro benzene ring substituents is 2. The third kappa shape index (κ3) is 13.4. The van der Waals surface area contributed by atoms with Crippen LogP contribution in [0, 0.1) is 26.0 Å². The molecule has 13 nitrogen and oxygen atoms in total. The Morgan fingerprint density at radius 3 is 1.15 bits per heavy atom. The highest BCUT2D eigenvalue weighted by atomic mass is 19.1. The van der Waals surface area contributed by atoms with Crippen LogP contribution >= 0.6 is 0 Å². The SMILES string of the molecule is Nc1cccc(N2CCN(c3ccccc3)CC2)c1.O=[N+]([O-])c1cccc(F)c1.O=[N+]([O-])c1cccc(N2CCN(c3ccccc3)CC2)c1.c1ccc(N2CCNCC2)cc1. The Labute approximate surface area is 362 Å². The van der Waals surface area contributed by atoms with Crippen LogP contribution in [0.15, 0.2) is 164 Å². The van der Waals surface area contributed by atoms with E-state index in [0.29, 0.717) is 0 Å². The molecule has 3 saturated heterocycles. The first-order valence-electron chi connectivity index (χ1n) is 20.8. The van der Waals surface area contributed by atoms with Gasteiger partial charge in [-0.1, -0.05) is 72.8 Å². The van der Waals surface area contributed by atoms with Gasteiger partial charge in [-0.15, -0.1) is 0 Å². The van der Waals surface area contributed by atoms with E-state index in [2.05, 4.69) is 115 Å². The average Bonchev–Trinajstić information content (AvgIpc) is 3.33. The van der Waals surface area contributed by atoms with Crippen LogP contribution in [-0.2, 0) is 0 Å². The zero-order valence-corrected chi connectivity index (χ0v) is 34.8. The molecule has 14 heteroatoms. The zero-order chi connectivity index (χ0) is 43.5. The molecule has 6 aromatic carbocycles. The number of nitrogens with two attached hydrogens (primary N) is 1. The monoisotopic (exact) mass is 839 g/mol. The van der Waals surface area contributed by atoms with Gasteiger partial charge in [-0.05, 0) is 66.7 Å². The maximum Gasteiger partial charge on any atom is 0.272 e. The van der Waals surface area contributed by atoms with Gasteiger partial charge in [0.1, 0.15) is 5.82 Å². The van der Waals surface area contributed by atoms with Crippen molar-refractivity contribution in [2.45, 2.75) is 0 Å². The number of anilines is 6. The molecule has 0 atom stereocenters. The van der Waals surface area contributed by atoms with E-state index in [9.17, 15) is 24.6 Å². The highest BCUT2D eigenvalue weighted by molar-refractivity contribution is 5.58. The topological polar surface area (TPSA) is 141 Å². The molecule has 322 valence electrons. The Hall–Kier alpha value is -7.19. The molecular formula is C48H54FN9O4. The van der Waals surface area contributed by atoms with Gasteiger partial charge in [0.15, 0.2) is 0 Å². The highest BCUT2D eigenvalue weighted by Crippen LogP contribution is 2.25. The first-order valence-corrected chi connectivity index (χ1v) is 20.8. The Bertz CT molecular complexity index is 2270. The molecule has 0 amide bonds. The van der Waals surface area contributed by atoms with E-state index in [0.717, 1.165) is 102 Å². The molecule has 0 radical (unpaired) electrons. The van der Waals surface area contributed by atoms with Crippen molar-refractivity contribution in [1.29, 1.82) is 0 Å². The van der Waals surface area contributed by atoms with Gasteiger partial charge in [0.05, 0.1) is 15.9 Å². The molecule has 3 aliphatic heterocycles. The number of nitrogens with zero attached hydrogens (tertiary/aromatic N) is 7. The van der Waals surface area contributed by atoms with Gasteiger partial charge in [-0.3, -0.25) is 20.2 Å². The third-order valence-corrected chi connectivity index (χ3v) is 10.7. The van der Waals surface area contributed by atoms with E-state index in [4.69, 9.17) is 5.73 Å². The third-order valence-electron chi connectivity index (χ3n) is 10.7. The number of para-hydroxylation sites is 3. The summed E-state index contributed by atoms with van der Waals surface area (Å²) in [7, 11) is 0. The van der Waals surface area contributed by atoms with Gasteiger partial charge in [-0.25, -0.2) is 4.39 Å². The molecule has 0 aliphatic carbocycles. The smallest absolute Gasteiger partial charge is 0.272 e. The van der Waals surface area contributed by atoms with Crippen molar-refractivity contribution in [3.8, 4) is 0 Å². The number of nitrogens with one attached hydrogen (secondary N) is 1. The second kappa shape index (κ2) is 23.0. The molecule has 3 aliphatic rings. The lowest BCUT2D eigenvalue weighted by molar-refractivity contribution is -0.385. The van der Waals surface area contributed by atoms with Gasteiger partial charge < -0.3 is 35.6 Å². The minimum atomic E-state index is -0.636. The number of rotatable bonds is 7. The van der Waals surface area contributed by atoms with Gasteiger partial charge in [-0.2, -0.15) is 0 Å². The summed E-state index contributed by atoms with van der Waals surface area (Å²) in [5.74, 6) is -0.589. The number of nitro groups is 2. The number of hydrogen-bond acceptors (Lipinski definition) is 11. The van der Waals surface area contributed by atoms with E-state index in [1.54, 1.807) is 12.1 Å². The average molecular weight is 840 g/mol. The van der Waals surface area contributed by atoms with Crippen LogP contribution in [0.1, 0.15) is 0 Å². The van der Waals surface area contributed by atoms with E-state index in [1.807, 2.05) is 36.4 Å². The number of benzene rings is 6. The number of nitrogen functional groups attached to an aromatic ring is 1. The molecule has 0 saturated carbocycles. The molecule has 0 bridgehead atoms. The van der Waals surface area contributed by atoms with Crippen LogP contribution in [-0.4, -0.2) is 88.4 Å². The van der Waals surface area contributed by atoms with Gasteiger partial charge >= 0.3 is 0 Å². The van der Waals surface area contributed by atoms with Crippen molar-refractivity contribution in [2.75, 3.05) is 109 Å². The Morgan fingerprint density at radius 2 is 0.758 bits per heavy atom. The molecule has 0 aromatic heterocycles. The van der Waals surface area contributed by atoms with Crippen molar-refractivity contribution in [3.05, 3.63) is 190 Å². The fraction of sp³-hybridized carbons (Fsp3) is 0.250. The molecule has 3 fully saturated rings. The Morgan fingerprint density at radius 1 is 0.419 bits per heavy atom. The summed E-state index contributed by atoms with van der Waals surface area (Å²) >= 11 is 0. The van der Waals surface area contributed by atoms with E-state index < -0.39 is 10.7 Å². The lowest BCUT2D eigenvalue weighted by atomic mass is 10.2. The molecular weight excluding hydrogens is 786 g/mol. The maximum absolute atomic E-state index is 12.2. The van der Waals surface area contributed by atoms with Crippen LogP contribution in [0.4, 0.5) is 49.9 Å². The standard InChI is InChI=1S/C16H17N3O2.C16H19N3.C10H14N2.C6H4FNO2/c20-19(21)16-8-4-7-15(13-16)18-11-9-17(10-12-18)14-5-2-1-3-6-14;17-14-5-4-8-16(13-14)19-11-9-18(10-12-19)15-6-2-1-3-7-15;1-2-4-10(5-3-1)12-8-6-11-7-9-12;7-5-2-1-3-6(4-5)8(9)10/h1-8,13H,9-12H2;1-8,13H,9-12,17H2;1-5,11H,6-9H2;1-4H. The highest BCUT2D eigenvalue weighted by Gasteiger charge is 2.20. The number of non-ortho nitro benzene ring substituents is 2. The summed E-state index contributed by atoms with van der Waals surface area (Å²) in [6.07, 6.45) is 0. The van der Waals surface area contributed by atoms with E-state index in [-0.39, 0.29) is 16.3 Å². The van der Waals surface area contributed by atoms with Crippen LogP contribution in [0.25, 0.3) is 0 Å². The van der Waals surface area contributed by atoms with E-state index in [1.165, 1.54) is 40.9 Å². The lowest BCUT2D eigenvalue weighted by Crippen LogP contribution is -2.46. The predicted octanol–water partition coefficient (Wildman–Crippen LogP) is 8.35. The maximum atomic E-state index is 12.2. The summed E-state index contributed by atoms with van der Waals surface area (Å²) in [4.78, 5) is 31.7. The molecule has 0 unspecified atom stereocenters. The molecule has 62 heavy (non-hydrogen) atoms. The second-order valence-corrected chi connectivity index (χ2v) is 14.8. The minimum Gasteiger partial charge on any atom is -0.399 e. The number of hydrogen-bond donors (Lipinski definition) is 2. The van der Waals surface area contributed by atoms with Crippen LogP contribution in [0.2, 0.25) is 0 Å². The normalized spacial score (nSPS) is 14.8.